The topological polar surface area (TPSA) is 108 Å². The predicted octanol–water partition coefficient (Wildman–Crippen LogP) is 0.740. The van der Waals surface area contributed by atoms with Crippen LogP contribution in [0.4, 0.5) is 0 Å². The molecule has 15 heavy (non-hydrogen) atoms. The van der Waals surface area contributed by atoms with E-state index in [1.54, 1.807) is 6.07 Å². The van der Waals surface area contributed by atoms with Gasteiger partial charge in [-0.3, -0.25) is 14.1 Å². The Kier molecular flexibility index (Phi) is 3.71. The number of nitrogens with zero attached hydrogens (tertiary/aromatic N) is 1. The fraction of sp³-hybridized carbons (Fsp3) is 0.286. The molecule has 3 N–H and O–H groups in total. The van der Waals surface area contributed by atoms with Gasteiger partial charge in [0.2, 0.25) is 13.5 Å². The summed E-state index contributed by atoms with van der Waals surface area (Å²) in [6, 6.07) is 3.08. The molecule has 1 unspecified atom stereocenters. The lowest BCUT2D eigenvalue weighted by Gasteiger charge is -2.21. The van der Waals surface area contributed by atoms with E-state index in [4.69, 9.17) is 9.79 Å². The van der Waals surface area contributed by atoms with Crippen LogP contribution in [-0.4, -0.2) is 25.0 Å². The Balaban J connectivity index is 2.97. The zero-order valence-corrected chi connectivity index (χ0v) is 9.31. The van der Waals surface area contributed by atoms with Crippen molar-refractivity contribution in [3.8, 4) is 0 Å². The molecule has 0 saturated carbocycles. The molecule has 0 spiro atoms. The summed E-state index contributed by atoms with van der Waals surface area (Å²) in [6.07, 6.45) is 2.40. The van der Waals surface area contributed by atoms with Crippen LogP contribution in [-0.2, 0) is 15.6 Å². The maximum absolute atomic E-state index is 10.9. The third kappa shape index (κ3) is 2.91. The van der Waals surface area contributed by atoms with Gasteiger partial charge in [-0.2, -0.15) is 0 Å². The van der Waals surface area contributed by atoms with Crippen LogP contribution < -0.4 is 0 Å². The Morgan fingerprint density at radius 3 is 2.60 bits per heavy atom. The summed E-state index contributed by atoms with van der Waals surface area (Å²) < 4.78 is 21.5. The second-order valence-corrected chi connectivity index (χ2v) is 6.05. The zero-order valence-electron chi connectivity index (χ0n) is 7.52. The normalized spacial score (nSPS) is 16.2. The van der Waals surface area contributed by atoms with Crippen LogP contribution in [0.3, 0.4) is 0 Å². The summed E-state index contributed by atoms with van der Waals surface area (Å²) in [6.45, 7) is 0. The van der Waals surface area contributed by atoms with Gasteiger partial charge < -0.3 is 14.9 Å². The van der Waals surface area contributed by atoms with Gasteiger partial charge in [0.05, 0.1) is 0 Å². The molecular weight excluding hydrogens is 240 g/mol. The molecule has 0 aromatic carbocycles. The highest BCUT2D eigenvalue weighted by Crippen LogP contribution is 2.56. The third-order valence-corrected chi connectivity index (χ3v) is 4.34. The van der Waals surface area contributed by atoms with Crippen LogP contribution in [0.2, 0.25) is 0 Å². The molecule has 0 aliphatic rings. The van der Waals surface area contributed by atoms with Crippen LogP contribution in [0.25, 0.3) is 0 Å². The SMILES string of the molecule is O=PC(O)(Cc1cccnc1)P(=O)(O)O. The van der Waals surface area contributed by atoms with E-state index in [9.17, 15) is 14.2 Å². The highest BCUT2D eigenvalue weighted by atomic mass is 31.2. The molecule has 1 rings (SSSR count). The standard InChI is InChI=1S/C7H9NO5P2/c9-7(14-10,15(11,12)13)4-6-2-1-3-8-5-6/h1-3,5,9H,4H2,(H2,11,12,13). The molecule has 1 heterocycles. The molecule has 0 saturated heterocycles. The molecule has 0 amide bonds. The fourth-order valence-electron chi connectivity index (χ4n) is 0.965. The van der Waals surface area contributed by atoms with Gasteiger partial charge in [0, 0.05) is 18.8 Å². The van der Waals surface area contributed by atoms with Crippen molar-refractivity contribution in [2.24, 2.45) is 0 Å². The first kappa shape index (κ1) is 12.4. The highest BCUT2D eigenvalue weighted by Gasteiger charge is 2.46. The molecule has 1 atom stereocenters. The van der Waals surface area contributed by atoms with E-state index < -0.39 is 27.6 Å². The van der Waals surface area contributed by atoms with E-state index in [-0.39, 0.29) is 0 Å². The van der Waals surface area contributed by atoms with Crippen LogP contribution >= 0.6 is 16.1 Å². The lowest BCUT2D eigenvalue weighted by atomic mass is 10.2. The third-order valence-electron chi connectivity index (χ3n) is 1.78. The molecule has 0 fully saturated rings. The summed E-state index contributed by atoms with van der Waals surface area (Å²) in [4.78, 5) is 21.4. The first-order chi connectivity index (χ1) is 6.89. The Labute approximate surface area is 87.3 Å². The van der Waals surface area contributed by atoms with Gasteiger partial charge in [0.25, 0.3) is 0 Å². The maximum atomic E-state index is 10.9. The maximum Gasteiger partial charge on any atom is 0.369 e. The number of hydrogen-bond acceptors (Lipinski definition) is 4. The van der Waals surface area contributed by atoms with Crippen molar-refractivity contribution in [3.63, 3.8) is 0 Å². The summed E-state index contributed by atoms with van der Waals surface area (Å²) >= 11 is 0. The summed E-state index contributed by atoms with van der Waals surface area (Å²) in [5, 5.41) is 6.92. The van der Waals surface area contributed by atoms with E-state index in [1.807, 2.05) is 0 Å². The van der Waals surface area contributed by atoms with E-state index in [2.05, 4.69) is 4.98 Å². The van der Waals surface area contributed by atoms with Gasteiger partial charge in [0.1, 0.15) is 0 Å². The first-order valence-corrected chi connectivity index (χ1v) is 6.33. The minimum atomic E-state index is -4.85. The summed E-state index contributed by atoms with van der Waals surface area (Å²) in [7, 11) is -5.86. The number of aromatic nitrogens is 1. The first-order valence-electron chi connectivity index (χ1n) is 3.90. The van der Waals surface area contributed by atoms with Gasteiger partial charge in [-0.25, -0.2) is 0 Å². The molecule has 0 aliphatic heterocycles. The smallest absolute Gasteiger partial charge is 0.368 e. The quantitative estimate of drug-likeness (QED) is 0.679. The van der Waals surface area contributed by atoms with Crippen molar-refractivity contribution in [2.45, 2.75) is 11.5 Å². The van der Waals surface area contributed by atoms with Crippen molar-refractivity contribution in [1.82, 2.24) is 4.98 Å². The molecule has 1 aromatic rings. The molecule has 6 nitrogen and oxygen atoms in total. The molecule has 0 aliphatic carbocycles. The van der Waals surface area contributed by atoms with Crippen LogP contribution in [0, 0.1) is 0 Å². The number of hydrogen-bond donors (Lipinski definition) is 3. The second-order valence-electron chi connectivity index (χ2n) is 2.95. The van der Waals surface area contributed by atoms with Crippen molar-refractivity contribution in [1.29, 1.82) is 0 Å². The van der Waals surface area contributed by atoms with E-state index in [0.29, 0.717) is 5.56 Å². The minimum absolute atomic E-state index is 0.395. The Bertz CT molecular complexity index is 392. The minimum Gasteiger partial charge on any atom is -0.368 e. The molecular formula is C7H9NO5P2. The Morgan fingerprint density at radius 1 is 1.53 bits per heavy atom. The lowest BCUT2D eigenvalue weighted by Crippen LogP contribution is -2.24. The number of pyridine rings is 1. The number of rotatable bonds is 4. The van der Waals surface area contributed by atoms with Crippen LogP contribution in [0.5, 0.6) is 0 Å². The van der Waals surface area contributed by atoms with Crippen LogP contribution in [0.1, 0.15) is 5.56 Å². The van der Waals surface area contributed by atoms with Crippen molar-refractivity contribution < 1.29 is 24.0 Å². The monoisotopic (exact) mass is 249 g/mol. The van der Waals surface area contributed by atoms with Crippen molar-refractivity contribution >= 4 is 16.1 Å². The van der Waals surface area contributed by atoms with E-state index in [0.717, 1.165) is 0 Å². The average molecular weight is 249 g/mol. The van der Waals surface area contributed by atoms with Crippen LogP contribution in [0.15, 0.2) is 24.5 Å². The average Bonchev–Trinajstić information content (AvgIpc) is 2.17. The molecule has 82 valence electrons. The van der Waals surface area contributed by atoms with E-state index >= 15 is 0 Å². The lowest BCUT2D eigenvalue weighted by molar-refractivity contribution is 0.167. The number of aliphatic hydroxyl groups is 1. The second kappa shape index (κ2) is 4.47. The van der Waals surface area contributed by atoms with E-state index in [1.165, 1.54) is 18.5 Å². The highest BCUT2D eigenvalue weighted by molar-refractivity contribution is 7.63. The Morgan fingerprint density at radius 2 is 2.20 bits per heavy atom. The largest absolute Gasteiger partial charge is 0.369 e. The van der Waals surface area contributed by atoms with Gasteiger partial charge in [0.15, 0.2) is 0 Å². The molecule has 8 heteroatoms. The zero-order chi connectivity index (χ0) is 11.5. The molecule has 0 radical (unpaired) electrons. The molecule has 0 bridgehead atoms. The predicted molar refractivity (Wildman–Crippen MR) is 52.5 cm³/mol. The summed E-state index contributed by atoms with van der Waals surface area (Å²) in [5.74, 6) is 0. The van der Waals surface area contributed by atoms with Crippen molar-refractivity contribution in [3.05, 3.63) is 30.1 Å². The van der Waals surface area contributed by atoms with Gasteiger partial charge in [-0.05, 0) is 11.6 Å². The molecule has 1 aromatic heterocycles. The van der Waals surface area contributed by atoms with Gasteiger partial charge >= 0.3 is 7.60 Å². The Hall–Kier alpha value is -0.640. The fourth-order valence-corrected chi connectivity index (χ4v) is 2.03. The van der Waals surface area contributed by atoms with Crippen molar-refractivity contribution in [2.75, 3.05) is 0 Å². The van der Waals surface area contributed by atoms with Gasteiger partial charge in [-0.1, -0.05) is 6.07 Å². The summed E-state index contributed by atoms with van der Waals surface area (Å²) in [5.41, 5.74) is 0.395. The van der Waals surface area contributed by atoms with Gasteiger partial charge in [-0.15, -0.1) is 0 Å².